The third-order valence-electron chi connectivity index (χ3n) is 5.55. The minimum atomic E-state index is -0.274. The lowest BCUT2D eigenvalue weighted by atomic mass is 10.1. The van der Waals surface area contributed by atoms with Crippen LogP contribution in [0.25, 0.3) is 16.9 Å². The predicted octanol–water partition coefficient (Wildman–Crippen LogP) is 5.88. The van der Waals surface area contributed by atoms with Gasteiger partial charge < -0.3 is 4.74 Å². The Hall–Kier alpha value is -4.97. The van der Waals surface area contributed by atoms with Gasteiger partial charge in [-0.1, -0.05) is 66.7 Å². The van der Waals surface area contributed by atoms with E-state index in [-0.39, 0.29) is 5.91 Å². The molecule has 176 valence electrons. The van der Waals surface area contributed by atoms with Crippen molar-refractivity contribution in [3.05, 3.63) is 138 Å². The Labute approximate surface area is 209 Å². The summed E-state index contributed by atoms with van der Waals surface area (Å²) >= 11 is 0. The molecule has 0 bridgehead atoms. The zero-order chi connectivity index (χ0) is 24.6. The van der Waals surface area contributed by atoms with Gasteiger partial charge in [-0.05, 0) is 54.1 Å². The zero-order valence-electron chi connectivity index (χ0n) is 19.5. The third-order valence-corrected chi connectivity index (χ3v) is 5.55. The second kappa shape index (κ2) is 11.0. The summed E-state index contributed by atoms with van der Waals surface area (Å²) in [5, 5.41) is 8.99. The van der Waals surface area contributed by atoms with E-state index in [0.717, 1.165) is 33.8 Å². The molecule has 6 heteroatoms. The maximum atomic E-state index is 12.4. The molecule has 0 fully saturated rings. The van der Waals surface area contributed by atoms with Gasteiger partial charge in [-0.2, -0.15) is 10.2 Å². The number of nitrogens with one attached hydrogen (secondary N) is 1. The maximum absolute atomic E-state index is 12.4. The Morgan fingerprint density at radius 1 is 0.833 bits per heavy atom. The molecule has 0 spiro atoms. The van der Waals surface area contributed by atoms with Crippen molar-refractivity contribution >= 4 is 12.1 Å². The van der Waals surface area contributed by atoms with Crippen LogP contribution in [0.4, 0.5) is 0 Å². The molecule has 0 aliphatic carbocycles. The molecule has 5 rings (SSSR count). The molecule has 0 saturated carbocycles. The molecule has 0 saturated heterocycles. The molecule has 0 aliphatic heterocycles. The van der Waals surface area contributed by atoms with Crippen LogP contribution in [0.2, 0.25) is 0 Å². The molecule has 6 nitrogen and oxygen atoms in total. The van der Waals surface area contributed by atoms with E-state index in [0.29, 0.717) is 12.2 Å². The van der Waals surface area contributed by atoms with Crippen LogP contribution >= 0.6 is 0 Å². The van der Waals surface area contributed by atoms with Gasteiger partial charge in [-0.3, -0.25) is 4.79 Å². The second-order valence-corrected chi connectivity index (χ2v) is 8.08. The second-order valence-electron chi connectivity index (χ2n) is 8.08. The van der Waals surface area contributed by atoms with E-state index >= 15 is 0 Å². The Bertz CT molecular complexity index is 1450. The SMILES string of the molecule is O=C(NN=Cc1cn(-c2ccccc2)nc1-c1ccc(OCc2ccccc2)cc1)c1ccccc1. The average Bonchev–Trinajstić information content (AvgIpc) is 3.38. The average molecular weight is 473 g/mol. The number of carbonyl (C=O) groups excluding carboxylic acids is 1. The molecule has 1 heterocycles. The monoisotopic (exact) mass is 472 g/mol. The summed E-state index contributed by atoms with van der Waals surface area (Å²) in [6, 6.07) is 36.7. The minimum absolute atomic E-state index is 0.274. The largest absolute Gasteiger partial charge is 0.489 e. The van der Waals surface area contributed by atoms with E-state index in [1.807, 2.05) is 109 Å². The molecule has 0 aliphatic rings. The Morgan fingerprint density at radius 3 is 2.17 bits per heavy atom. The number of rotatable bonds is 8. The van der Waals surface area contributed by atoms with Gasteiger partial charge in [-0.25, -0.2) is 10.1 Å². The molecule has 1 amide bonds. The number of hydrogen-bond acceptors (Lipinski definition) is 4. The van der Waals surface area contributed by atoms with Gasteiger partial charge in [0, 0.05) is 22.9 Å². The van der Waals surface area contributed by atoms with Gasteiger partial charge in [0.05, 0.1) is 11.9 Å². The van der Waals surface area contributed by atoms with Crippen LogP contribution in [0.5, 0.6) is 5.75 Å². The summed E-state index contributed by atoms with van der Waals surface area (Å²) in [6.45, 7) is 0.502. The number of benzene rings is 4. The number of hydrogen-bond donors (Lipinski definition) is 1. The van der Waals surface area contributed by atoms with E-state index in [1.165, 1.54) is 0 Å². The van der Waals surface area contributed by atoms with Gasteiger partial charge in [0.15, 0.2) is 0 Å². The number of carbonyl (C=O) groups is 1. The van der Waals surface area contributed by atoms with Crippen molar-refractivity contribution in [2.45, 2.75) is 6.61 Å². The van der Waals surface area contributed by atoms with Crippen molar-refractivity contribution in [3.8, 4) is 22.7 Å². The van der Waals surface area contributed by atoms with Crippen LogP contribution in [0.15, 0.2) is 127 Å². The Morgan fingerprint density at radius 2 is 1.47 bits per heavy atom. The van der Waals surface area contributed by atoms with Crippen molar-refractivity contribution in [3.63, 3.8) is 0 Å². The molecule has 0 radical (unpaired) electrons. The molecule has 0 atom stereocenters. The number of aromatic nitrogens is 2. The predicted molar refractivity (Wildman–Crippen MR) is 141 cm³/mol. The molecular formula is C30H24N4O2. The highest BCUT2D eigenvalue weighted by Gasteiger charge is 2.12. The molecule has 36 heavy (non-hydrogen) atoms. The lowest BCUT2D eigenvalue weighted by Gasteiger charge is -2.07. The number of para-hydroxylation sites is 1. The summed E-state index contributed by atoms with van der Waals surface area (Å²) in [5.74, 6) is 0.499. The molecule has 5 aromatic rings. The quantitative estimate of drug-likeness (QED) is 0.226. The van der Waals surface area contributed by atoms with Crippen molar-refractivity contribution < 1.29 is 9.53 Å². The highest BCUT2D eigenvalue weighted by atomic mass is 16.5. The fourth-order valence-corrected chi connectivity index (χ4v) is 3.68. The summed E-state index contributed by atoms with van der Waals surface area (Å²) in [6.07, 6.45) is 3.51. The Balaban J connectivity index is 1.37. The summed E-state index contributed by atoms with van der Waals surface area (Å²) in [5.41, 5.74) is 7.59. The van der Waals surface area contributed by atoms with Crippen LogP contribution in [0, 0.1) is 0 Å². The van der Waals surface area contributed by atoms with E-state index in [9.17, 15) is 4.79 Å². The fraction of sp³-hybridized carbons (Fsp3) is 0.0333. The summed E-state index contributed by atoms with van der Waals surface area (Å²) < 4.78 is 7.72. The topological polar surface area (TPSA) is 68.5 Å². The standard InChI is InChI=1S/C30H24N4O2/c35-30(25-12-6-2-7-13-25)32-31-20-26-21-34(27-14-8-3-9-15-27)33-29(26)24-16-18-28(19-17-24)36-22-23-10-4-1-5-11-23/h1-21H,22H2,(H,32,35). The molecule has 1 aromatic heterocycles. The van der Waals surface area contributed by atoms with Gasteiger partial charge in [0.2, 0.25) is 0 Å². The van der Waals surface area contributed by atoms with Gasteiger partial charge in [0.1, 0.15) is 18.1 Å². The van der Waals surface area contributed by atoms with Crippen LogP contribution in [-0.2, 0) is 6.61 Å². The van der Waals surface area contributed by atoms with Gasteiger partial charge >= 0.3 is 0 Å². The van der Waals surface area contributed by atoms with Crippen molar-refractivity contribution in [2.75, 3.05) is 0 Å². The Kier molecular flexibility index (Phi) is 6.95. The van der Waals surface area contributed by atoms with Gasteiger partial charge in [0.25, 0.3) is 5.91 Å². The maximum Gasteiger partial charge on any atom is 0.271 e. The first-order valence-electron chi connectivity index (χ1n) is 11.6. The van der Waals surface area contributed by atoms with E-state index in [2.05, 4.69) is 10.5 Å². The first-order valence-corrected chi connectivity index (χ1v) is 11.6. The summed E-state index contributed by atoms with van der Waals surface area (Å²) in [4.78, 5) is 12.4. The summed E-state index contributed by atoms with van der Waals surface area (Å²) in [7, 11) is 0. The number of nitrogens with zero attached hydrogens (tertiary/aromatic N) is 3. The van der Waals surface area contributed by atoms with Crippen LogP contribution in [0.1, 0.15) is 21.5 Å². The fourth-order valence-electron chi connectivity index (χ4n) is 3.68. The van der Waals surface area contributed by atoms with Crippen molar-refractivity contribution in [2.24, 2.45) is 5.10 Å². The third kappa shape index (κ3) is 5.56. The molecular weight excluding hydrogens is 448 g/mol. The van der Waals surface area contributed by atoms with Crippen molar-refractivity contribution in [1.82, 2.24) is 15.2 Å². The number of hydrazone groups is 1. The number of amides is 1. The highest BCUT2D eigenvalue weighted by molar-refractivity contribution is 5.95. The van der Waals surface area contributed by atoms with Crippen LogP contribution in [-0.4, -0.2) is 21.9 Å². The van der Waals surface area contributed by atoms with Crippen LogP contribution < -0.4 is 10.2 Å². The first kappa shape index (κ1) is 22.8. The van der Waals surface area contributed by atoms with E-state index < -0.39 is 0 Å². The smallest absolute Gasteiger partial charge is 0.271 e. The van der Waals surface area contributed by atoms with Crippen LogP contribution in [0.3, 0.4) is 0 Å². The minimum Gasteiger partial charge on any atom is -0.489 e. The number of ether oxygens (including phenoxy) is 1. The zero-order valence-corrected chi connectivity index (χ0v) is 19.5. The normalized spacial score (nSPS) is 10.9. The lowest BCUT2D eigenvalue weighted by molar-refractivity contribution is 0.0955. The lowest BCUT2D eigenvalue weighted by Crippen LogP contribution is -2.17. The molecule has 1 N–H and O–H groups in total. The highest BCUT2D eigenvalue weighted by Crippen LogP contribution is 2.25. The van der Waals surface area contributed by atoms with E-state index in [4.69, 9.17) is 9.84 Å². The van der Waals surface area contributed by atoms with Gasteiger partial charge in [-0.15, -0.1) is 0 Å². The molecule has 4 aromatic carbocycles. The van der Waals surface area contributed by atoms with E-state index in [1.54, 1.807) is 23.0 Å². The van der Waals surface area contributed by atoms with Crippen molar-refractivity contribution in [1.29, 1.82) is 0 Å². The molecule has 0 unspecified atom stereocenters. The first-order chi connectivity index (χ1) is 17.8.